The first-order valence-electron chi connectivity index (χ1n) is 6.06. The van der Waals surface area contributed by atoms with Gasteiger partial charge in [-0.25, -0.2) is 4.79 Å². The zero-order chi connectivity index (χ0) is 15.6. The van der Waals surface area contributed by atoms with Crippen molar-refractivity contribution in [1.82, 2.24) is 0 Å². The Balaban J connectivity index is 2.25. The van der Waals surface area contributed by atoms with Crippen molar-refractivity contribution < 1.29 is 24.9 Å². The van der Waals surface area contributed by atoms with E-state index in [0.717, 1.165) is 6.07 Å². The molecule has 4 N–H and O–H groups in total. The summed E-state index contributed by atoms with van der Waals surface area (Å²) in [6.07, 6.45) is 0. The smallest absolute Gasteiger partial charge is 0.336 e. The molecule has 0 aliphatic rings. The largest absolute Gasteiger partial charge is 0.504 e. The molecule has 0 saturated carbocycles. The van der Waals surface area contributed by atoms with Crippen molar-refractivity contribution in [3.05, 3.63) is 53.1 Å². The Morgan fingerprint density at radius 1 is 1.00 bits per heavy atom. The van der Waals surface area contributed by atoms with E-state index in [1.54, 1.807) is 19.1 Å². The van der Waals surface area contributed by atoms with Gasteiger partial charge in [0.25, 0.3) is 5.91 Å². The number of carbonyl (C=O) groups is 2. The van der Waals surface area contributed by atoms with Crippen molar-refractivity contribution in [2.24, 2.45) is 0 Å². The van der Waals surface area contributed by atoms with Crippen molar-refractivity contribution in [2.75, 3.05) is 5.32 Å². The number of aromatic hydroxyl groups is 2. The summed E-state index contributed by atoms with van der Waals surface area (Å²) in [7, 11) is 0. The van der Waals surface area contributed by atoms with Crippen LogP contribution in [0, 0.1) is 6.92 Å². The zero-order valence-corrected chi connectivity index (χ0v) is 11.1. The molecule has 0 aliphatic heterocycles. The normalized spacial score (nSPS) is 10.1. The lowest BCUT2D eigenvalue weighted by Crippen LogP contribution is -2.12. The van der Waals surface area contributed by atoms with E-state index >= 15 is 0 Å². The fraction of sp³-hybridized carbons (Fsp3) is 0.0667. The molecule has 0 fully saturated rings. The Morgan fingerprint density at radius 3 is 2.33 bits per heavy atom. The summed E-state index contributed by atoms with van der Waals surface area (Å²) in [5, 5.41) is 30.1. The molecular weight excluding hydrogens is 274 g/mol. The van der Waals surface area contributed by atoms with E-state index in [9.17, 15) is 19.8 Å². The van der Waals surface area contributed by atoms with Crippen LogP contribution in [-0.4, -0.2) is 27.2 Å². The molecule has 6 nitrogen and oxygen atoms in total. The number of amides is 1. The maximum absolute atomic E-state index is 12.0. The molecule has 0 spiro atoms. The molecule has 21 heavy (non-hydrogen) atoms. The van der Waals surface area contributed by atoms with Crippen LogP contribution in [0.15, 0.2) is 36.4 Å². The van der Waals surface area contributed by atoms with Gasteiger partial charge in [-0.05, 0) is 42.8 Å². The molecule has 108 valence electrons. The average molecular weight is 287 g/mol. The van der Waals surface area contributed by atoms with Crippen molar-refractivity contribution in [1.29, 1.82) is 0 Å². The van der Waals surface area contributed by atoms with Crippen LogP contribution in [0.25, 0.3) is 0 Å². The Bertz CT molecular complexity index is 724. The van der Waals surface area contributed by atoms with Gasteiger partial charge < -0.3 is 20.6 Å². The monoisotopic (exact) mass is 287 g/mol. The molecule has 0 unspecified atom stereocenters. The average Bonchev–Trinajstić information content (AvgIpc) is 2.43. The molecule has 0 aromatic heterocycles. The molecule has 2 rings (SSSR count). The third kappa shape index (κ3) is 3.11. The third-order valence-electron chi connectivity index (χ3n) is 2.96. The van der Waals surface area contributed by atoms with E-state index < -0.39 is 17.6 Å². The minimum atomic E-state index is -1.08. The first-order valence-corrected chi connectivity index (χ1v) is 6.06. The highest BCUT2D eigenvalue weighted by Crippen LogP contribution is 2.25. The Kier molecular flexibility index (Phi) is 3.80. The SMILES string of the molecule is Cc1ccc(NC(=O)c2ccc(O)c(O)c2)cc1C(=O)O. The Morgan fingerprint density at radius 2 is 1.71 bits per heavy atom. The first kappa shape index (κ1) is 14.4. The first-order chi connectivity index (χ1) is 9.88. The molecule has 0 bridgehead atoms. The highest BCUT2D eigenvalue weighted by molar-refractivity contribution is 6.05. The summed E-state index contributed by atoms with van der Waals surface area (Å²) in [5.41, 5.74) is 1.16. The molecule has 6 heteroatoms. The second kappa shape index (κ2) is 5.54. The molecule has 1 amide bonds. The van der Waals surface area contributed by atoms with E-state index in [0.29, 0.717) is 11.3 Å². The van der Waals surface area contributed by atoms with E-state index in [-0.39, 0.29) is 16.9 Å². The van der Waals surface area contributed by atoms with Gasteiger partial charge in [-0.1, -0.05) is 6.07 Å². The summed E-state index contributed by atoms with van der Waals surface area (Å²) in [4.78, 5) is 23.0. The fourth-order valence-corrected chi connectivity index (χ4v) is 1.80. The zero-order valence-electron chi connectivity index (χ0n) is 11.1. The van der Waals surface area contributed by atoms with Gasteiger partial charge in [0.05, 0.1) is 5.56 Å². The molecule has 2 aromatic carbocycles. The van der Waals surface area contributed by atoms with E-state index in [1.807, 2.05) is 0 Å². The molecule has 0 atom stereocenters. The van der Waals surface area contributed by atoms with Gasteiger partial charge in [0.1, 0.15) is 0 Å². The number of hydrogen-bond acceptors (Lipinski definition) is 4. The van der Waals surface area contributed by atoms with Crippen molar-refractivity contribution in [3.63, 3.8) is 0 Å². The number of benzene rings is 2. The van der Waals surface area contributed by atoms with Crippen LogP contribution < -0.4 is 5.32 Å². The van der Waals surface area contributed by atoms with Gasteiger partial charge in [0.15, 0.2) is 11.5 Å². The lowest BCUT2D eigenvalue weighted by atomic mass is 10.1. The number of carboxylic acids is 1. The standard InChI is InChI=1S/C15H13NO5/c1-8-2-4-10(7-11(8)15(20)21)16-14(19)9-3-5-12(17)13(18)6-9/h2-7,17-18H,1H3,(H,16,19)(H,20,21). The van der Waals surface area contributed by atoms with Crippen LogP contribution in [0.3, 0.4) is 0 Å². The quantitative estimate of drug-likeness (QED) is 0.648. The number of phenolic OH excluding ortho intramolecular Hbond substituents is 2. The fourth-order valence-electron chi connectivity index (χ4n) is 1.80. The molecule has 0 saturated heterocycles. The number of hydrogen-bond donors (Lipinski definition) is 4. The molecule has 0 heterocycles. The number of aryl methyl sites for hydroxylation is 1. The maximum Gasteiger partial charge on any atom is 0.336 e. The Labute approximate surface area is 120 Å². The number of phenols is 2. The molecule has 0 aliphatic carbocycles. The van der Waals surface area contributed by atoms with Crippen molar-refractivity contribution in [3.8, 4) is 11.5 Å². The van der Waals surface area contributed by atoms with E-state index in [4.69, 9.17) is 5.11 Å². The second-order valence-electron chi connectivity index (χ2n) is 4.49. The lowest BCUT2D eigenvalue weighted by Gasteiger charge is -2.08. The predicted octanol–water partition coefficient (Wildman–Crippen LogP) is 2.36. The summed E-state index contributed by atoms with van der Waals surface area (Å²) >= 11 is 0. The van der Waals surface area contributed by atoms with Crippen LogP contribution in [0.2, 0.25) is 0 Å². The number of anilines is 1. The number of aromatic carboxylic acids is 1. The Hall–Kier alpha value is -3.02. The van der Waals surface area contributed by atoms with E-state index in [2.05, 4.69) is 5.32 Å². The van der Waals surface area contributed by atoms with E-state index in [1.165, 1.54) is 18.2 Å². The number of nitrogens with one attached hydrogen (secondary N) is 1. The van der Waals surface area contributed by atoms with Crippen LogP contribution in [0.4, 0.5) is 5.69 Å². The highest BCUT2D eigenvalue weighted by atomic mass is 16.4. The maximum atomic E-state index is 12.0. The lowest BCUT2D eigenvalue weighted by molar-refractivity contribution is 0.0695. The van der Waals surface area contributed by atoms with Gasteiger partial charge in [-0.2, -0.15) is 0 Å². The van der Waals surface area contributed by atoms with Crippen LogP contribution in [0.1, 0.15) is 26.3 Å². The summed E-state index contributed by atoms with van der Waals surface area (Å²) in [5.74, 6) is -2.33. The van der Waals surface area contributed by atoms with Gasteiger partial charge in [-0.3, -0.25) is 4.79 Å². The highest BCUT2D eigenvalue weighted by Gasteiger charge is 2.12. The van der Waals surface area contributed by atoms with Gasteiger partial charge in [-0.15, -0.1) is 0 Å². The molecule has 0 radical (unpaired) electrons. The summed E-state index contributed by atoms with van der Waals surface area (Å²) < 4.78 is 0. The third-order valence-corrected chi connectivity index (χ3v) is 2.96. The molecule has 2 aromatic rings. The van der Waals surface area contributed by atoms with Crippen LogP contribution in [-0.2, 0) is 0 Å². The molecular formula is C15H13NO5. The van der Waals surface area contributed by atoms with Crippen molar-refractivity contribution >= 4 is 17.6 Å². The topological polar surface area (TPSA) is 107 Å². The summed E-state index contributed by atoms with van der Waals surface area (Å²) in [6.45, 7) is 1.66. The predicted molar refractivity (Wildman–Crippen MR) is 75.9 cm³/mol. The summed E-state index contributed by atoms with van der Waals surface area (Å²) in [6, 6.07) is 8.19. The number of carbonyl (C=O) groups excluding carboxylic acids is 1. The minimum absolute atomic E-state index is 0.0985. The minimum Gasteiger partial charge on any atom is -0.504 e. The van der Waals surface area contributed by atoms with Crippen LogP contribution >= 0.6 is 0 Å². The van der Waals surface area contributed by atoms with Crippen LogP contribution in [0.5, 0.6) is 11.5 Å². The second-order valence-corrected chi connectivity index (χ2v) is 4.49. The number of rotatable bonds is 3. The van der Waals surface area contributed by atoms with Gasteiger partial charge >= 0.3 is 5.97 Å². The number of carboxylic acid groups (broad SMARTS) is 1. The van der Waals surface area contributed by atoms with Gasteiger partial charge in [0.2, 0.25) is 0 Å². The van der Waals surface area contributed by atoms with Crippen molar-refractivity contribution in [2.45, 2.75) is 6.92 Å². The van der Waals surface area contributed by atoms with Gasteiger partial charge in [0, 0.05) is 11.3 Å².